The molecule has 0 aromatic heterocycles. The van der Waals surface area contributed by atoms with E-state index in [0.717, 1.165) is 18.6 Å². The summed E-state index contributed by atoms with van der Waals surface area (Å²) in [7, 11) is 0. The van der Waals surface area contributed by atoms with Crippen LogP contribution in [0.4, 0.5) is 0 Å². The van der Waals surface area contributed by atoms with Crippen molar-refractivity contribution in [1.29, 1.82) is 0 Å². The van der Waals surface area contributed by atoms with Crippen LogP contribution in [0.15, 0.2) is 30.3 Å². The van der Waals surface area contributed by atoms with Gasteiger partial charge in [0.15, 0.2) is 0 Å². The minimum absolute atomic E-state index is 0. The Morgan fingerprint density at radius 1 is 0.889 bits per heavy atom. The molecular weight excluding hydrogens is 213 g/mol. The van der Waals surface area contributed by atoms with Crippen LogP contribution >= 0.6 is 24.8 Å². The van der Waals surface area contributed by atoms with E-state index in [1.807, 2.05) is 0 Å². The van der Waals surface area contributed by atoms with Crippen molar-refractivity contribution in [2.75, 3.05) is 0 Å². The molecule has 0 unspecified atom stereocenters. The second-order valence-corrected chi connectivity index (χ2v) is 4.08. The fraction of sp³-hybridized carbons (Fsp3) is 0. The molecule has 0 spiro atoms. The van der Waals surface area contributed by atoms with Crippen LogP contribution in [-0.4, -0.2) is 18.6 Å². The monoisotopic (exact) mass is 220 g/mol. The Bertz CT molecular complexity index is 141. The van der Waals surface area contributed by atoms with Crippen LogP contribution in [0.2, 0.25) is 0 Å². The van der Waals surface area contributed by atoms with Gasteiger partial charge < -0.3 is 0 Å². The Balaban J connectivity index is 0. The molecule has 0 saturated carbocycles. The van der Waals surface area contributed by atoms with Crippen molar-refractivity contribution in [3.63, 3.8) is 0 Å². The Labute approximate surface area is 77.8 Å². The molecule has 50 valence electrons. The topological polar surface area (TPSA) is 0 Å². The molecule has 0 aliphatic carbocycles. The van der Waals surface area contributed by atoms with E-state index >= 15 is 0 Å². The summed E-state index contributed by atoms with van der Waals surface area (Å²) in [5, 5.41) is 0. The van der Waals surface area contributed by atoms with Gasteiger partial charge in [-0.1, -0.05) is 0 Å². The van der Waals surface area contributed by atoms with E-state index in [9.17, 15) is 0 Å². The Morgan fingerprint density at radius 2 is 1.33 bits per heavy atom. The van der Waals surface area contributed by atoms with Gasteiger partial charge in [-0.15, -0.1) is 24.8 Å². The molecule has 0 saturated heterocycles. The Morgan fingerprint density at radius 3 is 1.56 bits per heavy atom. The first-order chi connectivity index (χ1) is 3.39. The average Bonchev–Trinajstić information content (AvgIpc) is 1.69. The quantitative estimate of drug-likeness (QED) is 0.569. The van der Waals surface area contributed by atoms with Gasteiger partial charge in [0.05, 0.1) is 0 Å². The van der Waals surface area contributed by atoms with Gasteiger partial charge in [-0.05, 0) is 0 Å². The first-order valence-electron chi connectivity index (χ1n) is 2.41. The Hall–Kier alpha value is 0.436. The van der Waals surface area contributed by atoms with Gasteiger partial charge in [-0.2, -0.15) is 0 Å². The van der Waals surface area contributed by atoms with Crippen molar-refractivity contribution in [1.82, 2.24) is 0 Å². The number of halogens is 2. The summed E-state index contributed by atoms with van der Waals surface area (Å²) < 4.78 is 1.51. The van der Waals surface area contributed by atoms with Crippen LogP contribution in [0.1, 0.15) is 0 Å². The predicted octanol–water partition coefficient (Wildman–Crippen LogP) is 0.789. The molecule has 0 nitrogen and oxygen atoms in total. The third-order valence-corrected chi connectivity index (χ3v) is 2.34. The van der Waals surface area contributed by atoms with E-state index in [2.05, 4.69) is 30.3 Å². The summed E-state index contributed by atoms with van der Waals surface area (Å²) >= 11 is 0.855. The third kappa shape index (κ3) is 4.91. The van der Waals surface area contributed by atoms with Crippen molar-refractivity contribution < 1.29 is 0 Å². The molecule has 1 aromatic rings. The zero-order valence-corrected chi connectivity index (χ0v) is 11.0. The molecule has 0 radical (unpaired) electrons. The van der Waals surface area contributed by atoms with Crippen LogP contribution in [-0.2, 0) is 0 Å². The van der Waals surface area contributed by atoms with Gasteiger partial charge >= 0.3 is 53.0 Å². The first kappa shape index (κ1) is 12.1. The SMILES string of the molecule is Cl.Cl.[GaH2][c]1ccccc1. The van der Waals surface area contributed by atoms with Gasteiger partial charge in [0.1, 0.15) is 0 Å². The molecule has 0 amide bonds. The summed E-state index contributed by atoms with van der Waals surface area (Å²) in [6.07, 6.45) is 0. The summed E-state index contributed by atoms with van der Waals surface area (Å²) in [4.78, 5) is 0. The zero-order valence-electron chi connectivity index (χ0n) is 5.20. The van der Waals surface area contributed by atoms with Crippen molar-refractivity contribution in [3.8, 4) is 0 Å². The van der Waals surface area contributed by atoms with Crippen molar-refractivity contribution >= 4 is 47.5 Å². The van der Waals surface area contributed by atoms with Gasteiger partial charge in [-0.3, -0.25) is 0 Å². The molecule has 0 bridgehead atoms. The second kappa shape index (κ2) is 6.55. The predicted molar refractivity (Wildman–Crippen MR) is 49.1 cm³/mol. The Kier molecular flexibility index (Phi) is 8.85. The summed E-state index contributed by atoms with van der Waals surface area (Å²) in [6.45, 7) is 0. The number of hydrogen-bond donors (Lipinski definition) is 0. The van der Waals surface area contributed by atoms with E-state index in [-0.39, 0.29) is 24.8 Å². The molecule has 0 fully saturated rings. The molecule has 9 heavy (non-hydrogen) atoms. The van der Waals surface area contributed by atoms with Gasteiger partial charge in [-0.25, -0.2) is 0 Å². The number of benzene rings is 1. The number of hydrogen-bond acceptors (Lipinski definition) is 0. The molecule has 0 aliphatic heterocycles. The van der Waals surface area contributed by atoms with E-state index in [0.29, 0.717) is 0 Å². The maximum absolute atomic E-state index is 2.17. The normalized spacial score (nSPS) is 6.67. The van der Waals surface area contributed by atoms with E-state index in [1.54, 1.807) is 0 Å². The minimum atomic E-state index is 0. The van der Waals surface area contributed by atoms with Gasteiger partial charge in [0, 0.05) is 0 Å². The molecule has 0 atom stereocenters. The number of rotatable bonds is 0. The average molecular weight is 222 g/mol. The fourth-order valence-electron chi connectivity index (χ4n) is 0.534. The zero-order chi connectivity index (χ0) is 5.11. The van der Waals surface area contributed by atoms with Crippen LogP contribution < -0.4 is 4.12 Å². The van der Waals surface area contributed by atoms with Gasteiger partial charge in [0.25, 0.3) is 0 Å². The van der Waals surface area contributed by atoms with Crippen LogP contribution in [0.25, 0.3) is 0 Å². The molecule has 1 rings (SSSR count). The summed E-state index contributed by atoms with van der Waals surface area (Å²) in [5.41, 5.74) is 0. The maximum atomic E-state index is 2.17. The van der Waals surface area contributed by atoms with E-state index in [4.69, 9.17) is 0 Å². The van der Waals surface area contributed by atoms with Crippen LogP contribution in [0, 0.1) is 0 Å². The summed E-state index contributed by atoms with van der Waals surface area (Å²) in [5.74, 6) is 0. The molecule has 1 aromatic carbocycles. The molecule has 0 N–H and O–H groups in total. The standard InChI is InChI=1S/C6H5.2ClH.Ga.2H/c1-2-4-6-5-3-1;;;;;/h1-5H;2*1H;;;. The van der Waals surface area contributed by atoms with Crippen molar-refractivity contribution in [2.24, 2.45) is 0 Å². The fourth-order valence-corrected chi connectivity index (χ4v) is 1.34. The van der Waals surface area contributed by atoms with Crippen molar-refractivity contribution in [2.45, 2.75) is 0 Å². The molecule has 3 heteroatoms. The third-order valence-electron chi connectivity index (χ3n) is 0.940. The van der Waals surface area contributed by atoms with E-state index in [1.165, 1.54) is 4.12 Å². The molecular formula is C6H9Cl2Ga. The molecule has 0 aliphatic rings. The van der Waals surface area contributed by atoms with E-state index < -0.39 is 0 Å². The first-order valence-corrected chi connectivity index (χ1v) is 4.51. The molecule has 0 heterocycles. The van der Waals surface area contributed by atoms with Crippen LogP contribution in [0.3, 0.4) is 0 Å². The van der Waals surface area contributed by atoms with Crippen molar-refractivity contribution in [3.05, 3.63) is 30.3 Å². The summed E-state index contributed by atoms with van der Waals surface area (Å²) in [6, 6.07) is 10.6. The van der Waals surface area contributed by atoms with Crippen LogP contribution in [0.5, 0.6) is 0 Å². The van der Waals surface area contributed by atoms with Gasteiger partial charge in [0.2, 0.25) is 0 Å². The second-order valence-electron chi connectivity index (χ2n) is 1.65.